The van der Waals surface area contributed by atoms with Gasteiger partial charge < -0.3 is 14.7 Å². The summed E-state index contributed by atoms with van der Waals surface area (Å²) in [5, 5.41) is 12.2. The molecule has 2 aromatic carbocycles. The minimum atomic E-state index is -1.06. The van der Waals surface area contributed by atoms with Crippen LogP contribution in [0.3, 0.4) is 0 Å². The van der Waals surface area contributed by atoms with Crippen molar-refractivity contribution >= 4 is 33.6 Å². The van der Waals surface area contributed by atoms with E-state index in [1.165, 1.54) is 0 Å². The fraction of sp³-hybridized carbons (Fsp3) is 0.250. The van der Waals surface area contributed by atoms with Crippen molar-refractivity contribution in [2.75, 3.05) is 13.1 Å². The number of carbonyl (C=O) groups is 2. The number of aliphatic carboxylic acids is 1. The molecule has 1 aromatic heterocycles. The third-order valence-corrected chi connectivity index (χ3v) is 4.67. The lowest BCUT2D eigenvalue weighted by Gasteiger charge is -2.35. The largest absolute Gasteiger partial charge is 0.479 e. The summed E-state index contributed by atoms with van der Waals surface area (Å²) in [5.41, 5.74) is 1.11. The Bertz CT molecular complexity index is 1020. The molecule has 132 valence electrons. The summed E-state index contributed by atoms with van der Waals surface area (Å²) < 4.78 is 5.41. The molecule has 1 fully saturated rings. The van der Waals surface area contributed by atoms with Gasteiger partial charge in [0, 0.05) is 18.1 Å². The molecule has 6 nitrogen and oxygen atoms in total. The molecule has 1 N–H and O–H groups in total. The second-order valence-electron chi connectivity index (χ2n) is 6.53. The molecular weight excluding hydrogens is 332 g/mol. The predicted octanol–water partition coefficient (Wildman–Crippen LogP) is 2.70. The van der Waals surface area contributed by atoms with E-state index in [0.29, 0.717) is 17.6 Å². The lowest BCUT2D eigenvalue weighted by Crippen LogP contribution is -2.51. The number of fused-ring (bicyclic) bond motifs is 3. The van der Waals surface area contributed by atoms with Gasteiger partial charge in [0.2, 0.25) is 0 Å². The summed E-state index contributed by atoms with van der Waals surface area (Å²) >= 11 is 0. The first-order valence-electron chi connectivity index (χ1n) is 8.48. The molecule has 0 radical (unpaired) electrons. The minimum Gasteiger partial charge on any atom is -0.479 e. The number of nitrogens with zero attached hydrogens (tertiary/aromatic N) is 2. The second kappa shape index (κ2) is 6.38. The fourth-order valence-corrected chi connectivity index (χ4v) is 3.52. The smallest absolute Gasteiger partial charge is 0.334 e. The molecule has 2 heterocycles. The van der Waals surface area contributed by atoms with Crippen LogP contribution < -0.4 is 0 Å². The molecule has 1 amide bonds. The van der Waals surface area contributed by atoms with Gasteiger partial charge >= 0.3 is 5.97 Å². The number of hydrogen-bond donors (Lipinski definition) is 1. The summed E-state index contributed by atoms with van der Waals surface area (Å²) in [6.45, 7) is 2.15. The number of carbonyl (C=O) groups excluding carboxylic acids is 1. The molecule has 6 heteroatoms. The first-order chi connectivity index (χ1) is 12.5. The van der Waals surface area contributed by atoms with Crippen molar-refractivity contribution in [2.24, 2.45) is 0 Å². The van der Waals surface area contributed by atoms with Gasteiger partial charge in [0.25, 0.3) is 5.91 Å². The molecule has 2 atom stereocenters. The molecule has 0 spiro atoms. The number of carboxylic acids is 1. The molecule has 1 aliphatic rings. The molecule has 0 saturated carbocycles. The summed E-state index contributed by atoms with van der Waals surface area (Å²) in [4.78, 5) is 30.5. The standard InChI is InChI=1S/C20H18N2O4/c1-12-10-22(11-17(26-12)20(24)25)19(23)16-9-13-5-2-3-6-14(13)15-7-4-8-21-18(15)16/h2-9,12,17H,10-11H2,1H3,(H,24,25)/t12-,17?/m1/s1. The highest BCUT2D eigenvalue weighted by molar-refractivity contribution is 6.15. The molecule has 1 unspecified atom stereocenters. The zero-order valence-electron chi connectivity index (χ0n) is 14.3. The van der Waals surface area contributed by atoms with E-state index in [0.717, 1.165) is 16.2 Å². The van der Waals surface area contributed by atoms with Gasteiger partial charge in [-0.3, -0.25) is 9.78 Å². The topological polar surface area (TPSA) is 79.7 Å². The van der Waals surface area contributed by atoms with Crippen LogP contribution in [0.2, 0.25) is 0 Å². The van der Waals surface area contributed by atoms with Gasteiger partial charge in [-0.15, -0.1) is 0 Å². The van der Waals surface area contributed by atoms with Gasteiger partial charge in [0.1, 0.15) is 0 Å². The molecule has 4 rings (SSSR count). The Balaban J connectivity index is 1.82. The Kier molecular flexibility index (Phi) is 4.05. The van der Waals surface area contributed by atoms with Crippen LogP contribution in [0.4, 0.5) is 0 Å². The van der Waals surface area contributed by atoms with Gasteiger partial charge in [-0.05, 0) is 29.8 Å². The summed E-state index contributed by atoms with van der Waals surface area (Å²) in [6, 6.07) is 13.5. The van der Waals surface area contributed by atoms with Crippen LogP contribution in [-0.4, -0.2) is 52.2 Å². The molecular formula is C20H18N2O4. The van der Waals surface area contributed by atoms with Gasteiger partial charge in [-0.2, -0.15) is 0 Å². The Morgan fingerprint density at radius 3 is 2.73 bits per heavy atom. The number of ether oxygens (including phenoxy) is 1. The van der Waals surface area contributed by atoms with Crippen LogP contribution in [0.5, 0.6) is 0 Å². The molecule has 3 aromatic rings. The third-order valence-electron chi connectivity index (χ3n) is 4.67. The molecule has 1 aliphatic heterocycles. The zero-order chi connectivity index (χ0) is 18.3. The summed E-state index contributed by atoms with van der Waals surface area (Å²) in [7, 11) is 0. The highest BCUT2D eigenvalue weighted by atomic mass is 16.5. The number of amides is 1. The van der Waals surface area contributed by atoms with Crippen LogP contribution in [0.25, 0.3) is 21.7 Å². The Labute approximate surface area is 150 Å². The van der Waals surface area contributed by atoms with E-state index in [4.69, 9.17) is 4.74 Å². The number of benzene rings is 2. The predicted molar refractivity (Wildman–Crippen MR) is 97.1 cm³/mol. The van der Waals surface area contributed by atoms with Crippen molar-refractivity contribution in [3.63, 3.8) is 0 Å². The van der Waals surface area contributed by atoms with E-state index in [2.05, 4.69) is 4.98 Å². The van der Waals surface area contributed by atoms with Crippen LogP contribution in [0.15, 0.2) is 48.7 Å². The van der Waals surface area contributed by atoms with Crippen molar-refractivity contribution in [1.82, 2.24) is 9.88 Å². The van der Waals surface area contributed by atoms with E-state index in [9.17, 15) is 14.7 Å². The number of rotatable bonds is 2. The second-order valence-corrected chi connectivity index (χ2v) is 6.53. The maximum atomic E-state index is 13.2. The Morgan fingerprint density at radius 2 is 1.92 bits per heavy atom. The quantitative estimate of drug-likeness (QED) is 0.719. The lowest BCUT2D eigenvalue weighted by atomic mass is 9.99. The number of hydrogen-bond acceptors (Lipinski definition) is 4. The maximum absolute atomic E-state index is 13.2. The SMILES string of the molecule is C[C@@H]1CN(C(=O)c2cc3ccccc3c3cccnc23)CC(C(=O)O)O1. The monoisotopic (exact) mass is 350 g/mol. The highest BCUT2D eigenvalue weighted by Crippen LogP contribution is 2.28. The van der Waals surface area contributed by atoms with E-state index in [-0.39, 0.29) is 18.6 Å². The number of carboxylic acid groups (broad SMARTS) is 1. The van der Waals surface area contributed by atoms with Gasteiger partial charge in [-0.1, -0.05) is 30.3 Å². The van der Waals surface area contributed by atoms with E-state index in [1.54, 1.807) is 18.0 Å². The van der Waals surface area contributed by atoms with E-state index < -0.39 is 12.1 Å². The van der Waals surface area contributed by atoms with Crippen LogP contribution >= 0.6 is 0 Å². The summed E-state index contributed by atoms with van der Waals surface area (Å²) in [5.74, 6) is -1.28. The normalized spacial score (nSPS) is 20.4. The van der Waals surface area contributed by atoms with Gasteiger partial charge in [0.15, 0.2) is 6.10 Å². The minimum absolute atomic E-state index is 0.0274. The number of aromatic nitrogens is 1. The number of pyridine rings is 1. The van der Waals surface area contributed by atoms with Crippen molar-refractivity contribution in [2.45, 2.75) is 19.1 Å². The van der Waals surface area contributed by atoms with Crippen molar-refractivity contribution in [3.8, 4) is 0 Å². The average Bonchev–Trinajstić information content (AvgIpc) is 2.66. The third kappa shape index (κ3) is 2.78. The summed E-state index contributed by atoms with van der Waals surface area (Å²) in [6.07, 6.45) is 0.312. The Morgan fingerprint density at radius 1 is 1.15 bits per heavy atom. The molecule has 0 bridgehead atoms. The molecule has 26 heavy (non-hydrogen) atoms. The first-order valence-corrected chi connectivity index (χ1v) is 8.48. The van der Waals surface area contributed by atoms with E-state index in [1.807, 2.05) is 42.5 Å². The Hall–Kier alpha value is -2.99. The lowest BCUT2D eigenvalue weighted by molar-refractivity contribution is -0.160. The maximum Gasteiger partial charge on any atom is 0.334 e. The van der Waals surface area contributed by atoms with Gasteiger partial charge in [-0.25, -0.2) is 4.79 Å². The van der Waals surface area contributed by atoms with Crippen molar-refractivity contribution in [1.29, 1.82) is 0 Å². The van der Waals surface area contributed by atoms with Crippen LogP contribution in [0, 0.1) is 0 Å². The van der Waals surface area contributed by atoms with Crippen molar-refractivity contribution < 1.29 is 19.4 Å². The highest BCUT2D eigenvalue weighted by Gasteiger charge is 2.33. The van der Waals surface area contributed by atoms with Crippen molar-refractivity contribution in [3.05, 3.63) is 54.2 Å². The fourth-order valence-electron chi connectivity index (χ4n) is 3.52. The van der Waals surface area contributed by atoms with Gasteiger partial charge in [0.05, 0.1) is 23.7 Å². The molecule has 1 saturated heterocycles. The number of morpholine rings is 1. The van der Waals surface area contributed by atoms with E-state index >= 15 is 0 Å². The zero-order valence-corrected chi connectivity index (χ0v) is 14.3. The van der Waals surface area contributed by atoms with Crippen LogP contribution in [-0.2, 0) is 9.53 Å². The average molecular weight is 350 g/mol. The first kappa shape index (κ1) is 16.5. The molecule has 0 aliphatic carbocycles. The van der Waals surface area contributed by atoms with Crippen LogP contribution in [0.1, 0.15) is 17.3 Å².